The van der Waals surface area contributed by atoms with E-state index in [1.807, 2.05) is 18.2 Å². The topological polar surface area (TPSA) is 166 Å². The molecule has 10 heteroatoms. The van der Waals surface area contributed by atoms with Gasteiger partial charge in [0.15, 0.2) is 0 Å². The number of rotatable bonds is 8. The van der Waals surface area contributed by atoms with Crippen molar-refractivity contribution in [1.82, 2.24) is 0 Å². The number of esters is 1. The van der Waals surface area contributed by atoms with Crippen LogP contribution < -0.4 is 0 Å². The van der Waals surface area contributed by atoms with E-state index in [1.165, 1.54) is 7.11 Å². The predicted octanol–water partition coefficient (Wildman–Crippen LogP) is -0.367. The van der Waals surface area contributed by atoms with Crippen molar-refractivity contribution in [1.29, 1.82) is 0 Å². The van der Waals surface area contributed by atoms with E-state index in [-0.39, 0.29) is 19.1 Å². The maximum atomic E-state index is 12.3. The molecule has 8 unspecified atom stereocenters. The summed E-state index contributed by atoms with van der Waals surface area (Å²) in [5.41, 5.74) is 1.66. The van der Waals surface area contributed by atoms with Crippen LogP contribution in [-0.2, 0) is 14.2 Å². The fourth-order valence-electron chi connectivity index (χ4n) is 4.17. The predicted molar refractivity (Wildman–Crippen MR) is 125 cm³/mol. The van der Waals surface area contributed by atoms with Gasteiger partial charge < -0.3 is 44.8 Å². The summed E-state index contributed by atoms with van der Waals surface area (Å²) in [6, 6.07) is 5.24. The minimum Gasteiger partial charge on any atom is -0.465 e. The molecule has 0 spiro atoms. The molecule has 194 valence electrons. The van der Waals surface area contributed by atoms with Crippen LogP contribution in [0.25, 0.3) is 12.2 Å². The largest absolute Gasteiger partial charge is 0.465 e. The molecule has 3 rings (SSSR count). The Kier molecular flexibility index (Phi) is 9.96. The molecule has 0 bridgehead atoms. The molecule has 2 aliphatic heterocycles. The Hall–Kier alpha value is -2.15. The van der Waals surface area contributed by atoms with Crippen LogP contribution in [-0.4, -0.2) is 106 Å². The zero-order valence-electron chi connectivity index (χ0n) is 19.5. The van der Waals surface area contributed by atoms with Gasteiger partial charge in [-0.2, -0.15) is 0 Å². The summed E-state index contributed by atoms with van der Waals surface area (Å²) < 4.78 is 15.9. The quantitative estimate of drug-likeness (QED) is 0.263. The van der Waals surface area contributed by atoms with Gasteiger partial charge in [0.2, 0.25) is 0 Å². The first-order valence-corrected chi connectivity index (χ1v) is 11.6. The lowest BCUT2D eigenvalue weighted by atomic mass is 9.93. The second-order valence-electron chi connectivity index (χ2n) is 8.81. The molecule has 2 saturated heterocycles. The Balaban J connectivity index is 1.66. The van der Waals surface area contributed by atoms with Crippen LogP contribution in [0.4, 0.5) is 0 Å². The summed E-state index contributed by atoms with van der Waals surface area (Å²) in [5.74, 6) is -0.527. The maximum absolute atomic E-state index is 12.3. The fourth-order valence-corrected chi connectivity index (χ4v) is 4.17. The van der Waals surface area contributed by atoms with Crippen LogP contribution in [0, 0.1) is 0 Å². The highest BCUT2D eigenvalue weighted by Crippen LogP contribution is 2.25. The van der Waals surface area contributed by atoms with Crippen molar-refractivity contribution in [2.75, 3.05) is 20.3 Å². The lowest BCUT2D eigenvalue weighted by Crippen LogP contribution is -2.58. The lowest BCUT2D eigenvalue weighted by Gasteiger charge is -2.39. The average Bonchev–Trinajstić information content (AvgIpc) is 2.86. The first-order chi connectivity index (χ1) is 16.7. The van der Waals surface area contributed by atoms with Gasteiger partial charge in [0.25, 0.3) is 0 Å². The van der Waals surface area contributed by atoms with E-state index in [0.717, 1.165) is 5.56 Å². The SMILES string of the molecule is COC(=O)c1cc(C=CCC2CC(O)C(O)CO2)ccc1C=CCC1OC(CO)C(O)C(O)C1O. The van der Waals surface area contributed by atoms with E-state index >= 15 is 0 Å². The van der Waals surface area contributed by atoms with Gasteiger partial charge in [-0.15, -0.1) is 0 Å². The first kappa shape index (κ1) is 27.4. The second-order valence-corrected chi connectivity index (χ2v) is 8.81. The van der Waals surface area contributed by atoms with Crippen molar-refractivity contribution < 1.29 is 49.6 Å². The third kappa shape index (κ3) is 6.96. The van der Waals surface area contributed by atoms with Gasteiger partial charge in [0.1, 0.15) is 30.5 Å². The zero-order valence-corrected chi connectivity index (χ0v) is 19.5. The van der Waals surface area contributed by atoms with Crippen molar-refractivity contribution in [2.45, 2.75) is 68.1 Å². The van der Waals surface area contributed by atoms with E-state index in [9.17, 15) is 35.4 Å². The van der Waals surface area contributed by atoms with E-state index in [2.05, 4.69) is 0 Å². The van der Waals surface area contributed by atoms with Gasteiger partial charge in [-0.3, -0.25) is 0 Å². The van der Waals surface area contributed by atoms with Crippen molar-refractivity contribution in [3.63, 3.8) is 0 Å². The Labute approximate surface area is 203 Å². The molecule has 0 amide bonds. The second kappa shape index (κ2) is 12.7. The van der Waals surface area contributed by atoms with Crippen LogP contribution in [0.3, 0.4) is 0 Å². The molecule has 8 atom stereocenters. The van der Waals surface area contributed by atoms with Gasteiger partial charge in [-0.05, 0) is 30.0 Å². The minimum absolute atomic E-state index is 0.0936. The number of methoxy groups -OCH3 is 1. The lowest BCUT2D eigenvalue weighted by molar-refractivity contribution is -0.227. The molecule has 1 aromatic rings. The van der Waals surface area contributed by atoms with Gasteiger partial charge in [-0.1, -0.05) is 36.4 Å². The summed E-state index contributed by atoms with van der Waals surface area (Å²) >= 11 is 0. The van der Waals surface area contributed by atoms with Crippen LogP contribution in [0.2, 0.25) is 0 Å². The summed E-state index contributed by atoms with van der Waals surface area (Å²) in [6.45, 7) is -0.404. The van der Waals surface area contributed by atoms with Crippen molar-refractivity contribution in [2.24, 2.45) is 0 Å². The monoisotopic (exact) mass is 494 g/mol. The standard InChI is InChI=1S/C25H34O10/c1-33-25(32)17-10-14(4-2-6-16-11-18(27)19(28)13-34-16)8-9-15(17)5-3-7-20-22(29)24(31)23(30)21(12-26)35-20/h2-5,8-10,16,18-24,26-31H,6-7,11-13H2,1H3. The van der Waals surface area contributed by atoms with E-state index in [4.69, 9.17) is 14.2 Å². The van der Waals surface area contributed by atoms with Gasteiger partial charge in [0.05, 0.1) is 44.2 Å². The van der Waals surface area contributed by atoms with Gasteiger partial charge >= 0.3 is 5.97 Å². The number of hydrogen-bond donors (Lipinski definition) is 6. The minimum atomic E-state index is -1.44. The Morgan fingerprint density at radius 2 is 1.71 bits per heavy atom. The van der Waals surface area contributed by atoms with Gasteiger partial charge in [0, 0.05) is 6.42 Å². The van der Waals surface area contributed by atoms with Crippen molar-refractivity contribution in [3.05, 3.63) is 47.0 Å². The number of hydrogen-bond acceptors (Lipinski definition) is 10. The molecular formula is C25H34O10. The smallest absolute Gasteiger partial charge is 0.338 e. The number of benzene rings is 1. The molecule has 0 aliphatic carbocycles. The molecule has 0 aromatic heterocycles. The number of aliphatic hydroxyl groups is 6. The van der Waals surface area contributed by atoms with Crippen LogP contribution in [0.15, 0.2) is 30.4 Å². The number of carbonyl (C=O) groups excluding carboxylic acids is 1. The highest BCUT2D eigenvalue weighted by Gasteiger charge is 2.42. The Morgan fingerprint density at radius 3 is 2.40 bits per heavy atom. The number of aliphatic hydroxyl groups excluding tert-OH is 6. The van der Waals surface area contributed by atoms with Crippen molar-refractivity contribution >= 4 is 18.1 Å². The third-order valence-corrected chi connectivity index (χ3v) is 6.30. The fraction of sp³-hybridized carbons (Fsp3) is 0.560. The molecule has 2 aliphatic rings. The molecule has 6 N–H and O–H groups in total. The zero-order chi connectivity index (χ0) is 25.5. The molecule has 0 saturated carbocycles. The molecule has 0 radical (unpaired) electrons. The Bertz CT molecular complexity index is 898. The van der Waals surface area contributed by atoms with Crippen LogP contribution in [0.1, 0.15) is 40.7 Å². The third-order valence-electron chi connectivity index (χ3n) is 6.30. The van der Waals surface area contributed by atoms with E-state index < -0.39 is 55.3 Å². The Morgan fingerprint density at radius 1 is 1.00 bits per heavy atom. The summed E-state index contributed by atoms with van der Waals surface area (Å²) in [6.07, 6.45) is 0.233. The number of ether oxygens (including phenoxy) is 3. The molecule has 2 heterocycles. The molecule has 10 nitrogen and oxygen atoms in total. The summed E-state index contributed by atoms with van der Waals surface area (Å²) in [7, 11) is 1.28. The molecule has 2 fully saturated rings. The summed E-state index contributed by atoms with van der Waals surface area (Å²) in [4.78, 5) is 12.3. The average molecular weight is 495 g/mol. The normalized spacial score (nSPS) is 33.9. The first-order valence-electron chi connectivity index (χ1n) is 11.6. The molecule has 1 aromatic carbocycles. The van der Waals surface area contributed by atoms with Crippen LogP contribution >= 0.6 is 0 Å². The van der Waals surface area contributed by atoms with E-state index in [1.54, 1.807) is 24.3 Å². The molecule has 35 heavy (non-hydrogen) atoms. The maximum Gasteiger partial charge on any atom is 0.338 e. The van der Waals surface area contributed by atoms with Gasteiger partial charge in [-0.25, -0.2) is 4.79 Å². The van der Waals surface area contributed by atoms with Crippen molar-refractivity contribution in [3.8, 4) is 0 Å². The summed E-state index contributed by atoms with van der Waals surface area (Å²) in [5, 5.41) is 58.6. The highest BCUT2D eigenvalue weighted by atomic mass is 16.5. The highest BCUT2D eigenvalue weighted by molar-refractivity contribution is 5.94. The van der Waals surface area contributed by atoms with E-state index in [0.29, 0.717) is 24.0 Å². The number of carbonyl (C=O) groups is 1. The molecular weight excluding hydrogens is 460 g/mol. The van der Waals surface area contributed by atoms with Crippen LogP contribution in [0.5, 0.6) is 0 Å².